The second-order valence-corrected chi connectivity index (χ2v) is 5.71. The Morgan fingerprint density at radius 3 is 2.40 bits per heavy atom. The van der Waals surface area contributed by atoms with Crippen molar-refractivity contribution >= 4 is 49.5 Å². The molecule has 20 heavy (non-hydrogen) atoms. The molecular formula is C15H10Br2FNO. The maximum atomic E-state index is 12.7. The van der Waals surface area contributed by atoms with E-state index in [1.165, 1.54) is 18.2 Å². The van der Waals surface area contributed by atoms with E-state index >= 15 is 0 Å². The second kappa shape index (κ2) is 6.81. The zero-order valence-electron chi connectivity index (χ0n) is 10.2. The minimum absolute atomic E-state index is 0.247. The van der Waals surface area contributed by atoms with Gasteiger partial charge in [0.25, 0.3) is 0 Å². The maximum absolute atomic E-state index is 12.7. The van der Waals surface area contributed by atoms with Crippen LogP contribution in [0.4, 0.5) is 10.1 Å². The number of carbonyl (C=O) groups excluding carboxylic acids is 1. The molecule has 2 aromatic rings. The van der Waals surface area contributed by atoms with E-state index < -0.39 is 0 Å². The first-order valence-corrected chi connectivity index (χ1v) is 7.33. The van der Waals surface area contributed by atoms with Crippen molar-refractivity contribution in [2.24, 2.45) is 0 Å². The molecule has 0 spiro atoms. The van der Waals surface area contributed by atoms with E-state index in [9.17, 15) is 9.18 Å². The molecule has 0 aliphatic heterocycles. The SMILES string of the molecule is O=C(/C=C/c1ccc(F)cc1)Nc1ccc(Br)c(Br)c1. The molecule has 0 aliphatic carbocycles. The van der Waals surface area contributed by atoms with Gasteiger partial charge >= 0.3 is 0 Å². The average molecular weight is 399 g/mol. The van der Waals surface area contributed by atoms with Gasteiger partial charge in [-0.05, 0) is 73.8 Å². The fourth-order valence-corrected chi connectivity index (χ4v) is 2.13. The lowest BCUT2D eigenvalue weighted by molar-refractivity contribution is -0.111. The van der Waals surface area contributed by atoms with Gasteiger partial charge in [-0.2, -0.15) is 0 Å². The molecule has 102 valence electrons. The zero-order valence-corrected chi connectivity index (χ0v) is 13.4. The van der Waals surface area contributed by atoms with Gasteiger partial charge in [0.15, 0.2) is 0 Å². The highest BCUT2D eigenvalue weighted by Gasteiger charge is 2.01. The summed E-state index contributed by atoms with van der Waals surface area (Å²) in [6.07, 6.45) is 3.03. The van der Waals surface area contributed by atoms with Crippen LogP contribution in [0.25, 0.3) is 6.08 Å². The van der Waals surface area contributed by atoms with Crippen LogP contribution in [0.3, 0.4) is 0 Å². The number of benzene rings is 2. The molecule has 5 heteroatoms. The monoisotopic (exact) mass is 397 g/mol. The number of rotatable bonds is 3. The number of amides is 1. The summed E-state index contributed by atoms with van der Waals surface area (Å²) in [5.41, 5.74) is 1.45. The van der Waals surface area contributed by atoms with E-state index in [2.05, 4.69) is 37.2 Å². The summed E-state index contributed by atoms with van der Waals surface area (Å²) >= 11 is 6.73. The van der Waals surface area contributed by atoms with Crippen molar-refractivity contribution in [2.75, 3.05) is 5.32 Å². The van der Waals surface area contributed by atoms with Crippen molar-refractivity contribution < 1.29 is 9.18 Å². The lowest BCUT2D eigenvalue weighted by Gasteiger charge is -2.03. The van der Waals surface area contributed by atoms with Crippen LogP contribution in [0.1, 0.15) is 5.56 Å². The Morgan fingerprint density at radius 2 is 1.75 bits per heavy atom. The highest BCUT2D eigenvalue weighted by molar-refractivity contribution is 9.13. The van der Waals surface area contributed by atoms with Crippen LogP contribution in [-0.4, -0.2) is 5.91 Å². The number of hydrogen-bond acceptors (Lipinski definition) is 1. The van der Waals surface area contributed by atoms with Crippen molar-refractivity contribution in [3.8, 4) is 0 Å². The van der Waals surface area contributed by atoms with Gasteiger partial charge in [-0.25, -0.2) is 4.39 Å². The first-order valence-electron chi connectivity index (χ1n) is 5.74. The van der Waals surface area contributed by atoms with E-state index in [1.54, 1.807) is 30.3 Å². The van der Waals surface area contributed by atoms with Gasteiger partial charge in [0.05, 0.1) is 0 Å². The standard InChI is InChI=1S/C15H10Br2FNO/c16-13-7-6-12(9-14(13)17)19-15(20)8-3-10-1-4-11(18)5-2-10/h1-9H,(H,19,20)/b8-3+. The van der Waals surface area contributed by atoms with Crippen LogP contribution >= 0.6 is 31.9 Å². The smallest absolute Gasteiger partial charge is 0.248 e. The van der Waals surface area contributed by atoms with Crippen LogP contribution in [0, 0.1) is 5.82 Å². The molecule has 1 amide bonds. The minimum Gasteiger partial charge on any atom is -0.322 e. The molecule has 2 nitrogen and oxygen atoms in total. The summed E-state index contributed by atoms with van der Waals surface area (Å²) in [5.74, 6) is -0.546. The molecule has 0 radical (unpaired) electrons. The van der Waals surface area contributed by atoms with Gasteiger partial charge in [-0.1, -0.05) is 12.1 Å². The van der Waals surface area contributed by atoms with Crippen LogP contribution in [-0.2, 0) is 4.79 Å². The van der Waals surface area contributed by atoms with Crippen molar-refractivity contribution in [2.45, 2.75) is 0 Å². The first kappa shape index (κ1) is 14.9. The lowest BCUT2D eigenvalue weighted by atomic mass is 10.2. The summed E-state index contributed by atoms with van der Waals surface area (Å²) in [5, 5.41) is 2.74. The average Bonchev–Trinajstić information content (AvgIpc) is 2.42. The van der Waals surface area contributed by atoms with Gasteiger partial charge in [0, 0.05) is 20.7 Å². The van der Waals surface area contributed by atoms with Crippen molar-refractivity contribution in [3.05, 3.63) is 68.9 Å². The van der Waals surface area contributed by atoms with Gasteiger partial charge in [0.2, 0.25) is 5.91 Å². The summed E-state index contributed by atoms with van der Waals surface area (Å²) in [4.78, 5) is 11.7. The van der Waals surface area contributed by atoms with E-state index in [4.69, 9.17) is 0 Å². The van der Waals surface area contributed by atoms with Crippen LogP contribution in [0.2, 0.25) is 0 Å². The van der Waals surface area contributed by atoms with E-state index in [1.807, 2.05) is 6.07 Å². The maximum Gasteiger partial charge on any atom is 0.248 e. The van der Waals surface area contributed by atoms with Gasteiger partial charge in [-0.15, -0.1) is 0 Å². The van der Waals surface area contributed by atoms with Crippen LogP contribution in [0.5, 0.6) is 0 Å². The highest BCUT2D eigenvalue weighted by Crippen LogP contribution is 2.25. The molecule has 1 N–H and O–H groups in total. The molecule has 0 fully saturated rings. The number of halogens is 3. The quantitative estimate of drug-likeness (QED) is 0.724. The predicted octanol–water partition coefficient (Wildman–Crippen LogP) is 5.00. The Labute approximate surface area is 133 Å². The Hall–Kier alpha value is -1.46. The largest absolute Gasteiger partial charge is 0.322 e. The molecule has 0 aliphatic rings. The molecule has 0 bridgehead atoms. The predicted molar refractivity (Wildman–Crippen MR) is 85.9 cm³/mol. The first-order chi connectivity index (χ1) is 9.54. The third-order valence-electron chi connectivity index (χ3n) is 2.48. The molecule has 2 rings (SSSR count). The number of hydrogen-bond donors (Lipinski definition) is 1. The third kappa shape index (κ3) is 4.28. The second-order valence-electron chi connectivity index (χ2n) is 4.00. The lowest BCUT2D eigenvalue weighted by Crippen LogP contribution is -2.07. The summed E-state index contributed by atoms with van der Waals surface area (Å²) in [7, 11) is 0. The van der Waals surface area contributed by atoms with Gasteiger partial charge in [0.1, 0.15) is 5.82 Å². The fraction of sp³-hybridized carbons (Fsp3) is 0. The van der Waals surface area contributed by atoms with Crippen molar-refractivity contribution in [1.82, 2.24) is 0 Å². The van der Waals surface area contributed by atoms with Crippen molar-refractivity contribution in [1.29, 1.82) is 0 Å². The molecule has 0 heterocycles. The Balaban J connectivity index is 2.01. The molecular weight excluding hydrogens is 389 g/mol. The Bertz CT molecular complexity index is 653. The topological polar surface area (TPSA) is 29.1 Å². The molecule has 2 aromatic carbocycles. The number of anilines is 1. The summed E-state index contributed by atoms with van der Waals surface area (Å²) in [6.45, 7) is 0. The number of carbonyl (C=O) groups is 1. The van der Waals surface area contributed by atoms with Gasteiger partial charge in [-0.3, -0.25) is 4.79 Å². The zero-order chi connectivity index (χ0) is 14.5. The van der Waals surface area contributed by atoms with Gasteiger partial charge < -0.3 is 5.32 Å². The van der Waals surface area contributed by atoms with Crippen LogP contribution in [0.15, 0.2) is 57.5 Å². The highest BCUT2D eigenvalue weighted by atomic mass is 79.9. The van der Waals surface area contributed by atoms with Crippen LogP contribution < -0.4 is 5.32 Å². The van der Waals surface area contributed by atoms with Crippen molar-refractivity contribution in [3.63, 3.8) is 0 Å². The molecule has 0 saturated carbocycles. The molecule has 0 atom stereocenters. The van der Waals surface area contributed by atoms with E-state index in [-0.39, 0.29) is 11.7 Å². The normalized spacial score (nSPS) is 10.8. The number of nitrogens with one attached hydrogen (secondary N) is 1. The summed E-state index contributed by atoms with van der Waals surface area (Å²) in [6, 6.07) is 11.3. The fourth-order valence-electron chi connectivity index (χ4n) is 1.50. The molecule has 0 saturated heterocycles. The van der Waals surface area contributed by atoms with E-state index in [0.29, 0.717) is 5.69 Å². The molecule has 0 unspecified atom stereocenters. The summed E-state index contributed by atoms with van der Waals surface area (Å²) < 4.78 is 14.5. The minimum atomic E-state index is -0.300. The molecule has 0 aromatic heterocycles. The third-order valence-corrected chi connectivity index (χ3v) is 4.36. The Kier molecular flexibility index (Phi) is 5.09. The van der Waals surface area contributed by atoms with E-state index in [0.717, 1.165) is 14.5 Å². The Morgan fingerprint density at radius 1 is 1.05 bits per heavy atom.